The smallest absolute Gasteiger partial charge is 0.309 e. The quantitative estimate of drug-likeness (QED) is 0.187. The van der Waals surface area contributed by atoms with Crippen molar-refractivity contribution in [2.45, 2.75) is 165 Å². The van der Waals surface area contributed by atoms with E-state index in [1.54, 1.807) is 26.3 Å². The lowest BCUT2D eigenvalue weighted by Gasteiger charge is -2.72. The molecule has 0 aromatic carbocycles. The summed E-state index contributed by atoms with van der Waals surface area (Å²) in [6, 6.07) is 0. The molecule has 8 heteroatoms. The third kappa shape index (κ3) is 7.17. The average Bonchev–Trinajstić information content (AvgIpc) is 3.37. The van der Waals surface area contributed by atoms with Gasteiger partial charge in [-0.2, -0.15) is 0 Å². The Kier molecular flexibility index (Phi) is 11.5. The SMILES string of the molecule is CC(=O)N(C)CCN(CC[C@@]12CC[C@]3(C)[C@H](CCC4[C@@]5(C)CC[C@H](OC(=O)CC(C)(C)C(=O)O)C(C)(C)C5CC[C@]43C)C1=C(C(C)C)C(=O)C2)CC1CCC1. The minimum atomic E-state index is -1.15. The Hall–Kier alpha value is -2.22. The predicted molar refractivity (Wildman–Crippen MR) is 217 cm³/mol. The summed E-state index contributed by atoms with van der Waals surface area (Å²) in [5.74, 6) is 1.49. The molecule has 1 amide bonds. The van der Waals surface area contributed by atoms with Crippen LogP contribution in [0.15, 0.2) is 11.1 Å². The molecule has 0 bridgehead atoms. The highest BCUT2D eigenvalue weighted by atomic mass is 16.5. The van der Waals surface area contributed by atoms with Crippen molar-refractivity contribution in [3.63, 3.8) is 0 Å². The molecule has 0 aliphatic heterocycles. The number of rotatable bonds is 13. The zero-order valence-corrected chi connectivity index (χ0v) is 36.6. The van der Waals surface area contributed by atoms with Crippen LogP contribution in [0.25, 0.3) is 0 Å². The van der Waals surface area contributed by atoms with Crippen LogP contribution in [0.3, 0.4) is 0 Å². The van der Waals surface area contributed by atoms with Crippen LogP contribution in [-0.2, 0) is 23.9 Å². The zero-order chi connectivity index (χ0) is 40.5. The summed E-state index contributed by atoms with van der Waals surface area (Å²) in [5.41, 5.74) is 1.62. The molecule has 0 heterocycles. The van der Waals surface area contributed by atoms with Crippen molar-refractivity contribution in [1.82, 2.24) is 9.80 Å². The number of hydrogen-bond acceptors (Lipinski definition) is 6. The third-order valence-corrected chi connectivity index (χ3v) is 17.9. The fraction of sp³-hybridized carbons (Fsp3) is 0.872. The number of ketones is 1. The first kappa shape index (κ1) is 42.4. The van der Waals surface area contributed by atoms with Crippen molar-refractivity contribution in [3.8, 4) is 0 Å². The van der Waals surface area contributed by atoms with E-state index >= 15 is 0 Å². The third-order valence-electron chi connectivity index (χ3n) is 17.9. The Labute approximate surface area is 333 Å². The lowest BCUT2D eigenvalue weighted by molar-refractivity contribution is -0.233. The number of carbonyl (C=O) groups excluding carboxylic acids is 3. The van der Waals surface area contributed by atoms with Crippen LogP contribution in [0.5, 0.6) is 0 Å². The zero-order valence-electron chi connectivity index (χ0n) is 36.6. The number of aliphatic carboxylic acids is 1. The van der Waals surface area contributed by atoms with Crippen LogP contribution in [0.1, 0.15) is 159 Å². The molecule has 0 aromatic rings. The fourth-order valence-corrected chi connectivity index (χ4v) is 14.0. The molecule has 8 nitrogen and oxygen atoms in total. The summed E-state index contributed by atoms with van der Waals surface area (Å²) in [5, 5.41) is 9.64. The van der Waals surface area contributed by atoms with E-state index < -0.39 is 17.4 Å². The number of carbonyl (C=O) groups is 4. The summed E-state index contributed by atoms with van der Waals surface area (Å²) in [6.07, 6.45) is 13.9. The first-order valence-electron chi connectivity index (χ1n) is 22.2. The molecule has 310 valence electrons. The molecule has 1 N–H and O–H groups in total. The van der Waals surface area contributed by atoms with Crippen molar-refractivity contribution >= 4 is 23.6 Å². The topological polar surface area (TPSA) is 104 Å². The minimum Gasteiger partial charge on any atom is -0.481 e. The van der Waals surface area contributed by atoms with E-state index in [-0.39, 0.29) is 51.4 Å². The normalized spacial score (nSPS) is 37.1. The van der Waals surface area contributed by atoms with Crippen molar-refractivity contribution in [1.29, 1.82) is 0 Å². The van der Waals surface area contributed by atoms with E-state index in [0.29, 0.717) is 30.0 Å². The maximum atomic E-state index is 14.2. The van der Waals surface area contributed by atoms with Crippen LogP contribution < -0.4 is 0 Å². The number of carboxylic acid groups (broad SMARTS) is 1. The maximum absolute atomic E-state index is 14.2. The van der Waals surface area contributed by atoms with E-state index in [2.05, 4.69) is 53.4 Å². The Bertz CT molecular complexity index is 1560. The molecule has 55 heavy (non-hydrogen) atoms. The number of carboxylic acids is 1. The van der Waals surface area contributed by atoms with Gasteiger partial charge in [0.15, 0.2) is 5.78 Å². The Morgan fingerprint density at radius 2 is 1.56 bits per heavy atom. The molecule has 0 spiro atoms. The van der Waals surface area contributed by atoms with Crippen LogP contribution in [0.4, 0.5) is 0 Å². The number of hydrogen-bond donors (Lipinski definition) is 1. The largest absolute Gasteiger partial charge is 0.481 e. The number of ether oxygens (including phenoxy) is 1. The number of nitrogens with zero attached hydrogens (tertiary/aromatic N) is 2. The molecule has 5 saturated carbocycles. The minimum absolute atomic E-state index is 0.0609. The van der Waals surface area contributed by atoms with Crippen molar-refractivity contribution < 1.29 is 29.0 Å². The number of likely N-dealkylation sites (N-methyl/N-ethyl adjacent to an activating group) is 1. The van der Waals surface area contributed by atoms with Crippen LogP contribution in [0, 0.1) is 62.1 Å². The van der Waals surface area contributed by atoms with Gasteiger partial charge in [0.2, 0.25) is 5.91 Å². The predicted octanol–water partition coefficient (Wildman–Crippen LogP) is 9.35. The maximum Gasteiger partial charge on any atom is 0.309 e. The summed E-state index contributed by atoms with van der Waals surface area (Å²) in [4.78, 5) is 55.7. The molecule has 5 fully saturated rings. The summed E-state index contributed by atoms with van der Waals surface area (Å²) in [7, 11) is 1.91. The van der Waals surface area contributed by atoms with Crippen molar-refractivity contribution in [2.24, 2.45) is 62.1 Å². The molecule has 2 unspecified atom stereocenters. The first-order chi connectivity index (χ1) is 25.5. The van der Waals surface area contributed by atoms with Gasteiger partial charge in [0.1, 0.15) is 6.10 Å². The lowest BCUT2D eigenvalue weighted by atomic mass is 9.33. The monoisotopic (exact) mass is 765 g/mol. The second-order valence-corrected chi connectivity index (χ2v) is 22.0. The van der Waals surface area contributed by atoms with Gasteiger partial charge >= 0.3 is 11.9 Å². The van der Waals surface area contributed by atoms with E-state index in [0.717, 1.165) is 89.0 Å². The second-order valence-electron chi connectivity index (χ2n) is 22.0. The average molecular weight is 765 g/mol. The van der Waals surface area contributed by atoms with Gasteiger partial charge in [-0.1, -0.05) is 60.5 Å². The fourth-order valence-electron chi connectivity index (χ4n) is 14.0. The van der Waals surface area contributed by atoms with Crippen molar-refractivity contribution in [2.75, 3.05) is 33.2 Å². The molecular formula is C47H76N2O6. The molecule has 6 aliphatic rings. The van der Waals surface area contributed by atoms with Crippen LogP contribution >= 0.6 is 0 Å². The Morgan fingerprint density at radius 3 is 2.16 bits per heavy atom. The Balaban J connectivity index is 1.25. The van der Waals surface area contributed by atoms with E-state index in [1.165, 1.54) is 25.7 Å². The molecular weight excluding hydrogens is 689 g/mol. The standard InChI is InChI=1S/C47H76N2O6/c1-30(2)39-34(51)27-47(23-24-49(29-32-13-12-14-32)26-25-48(11)31(3)50)22-21-45(9)33(40(39)47)15-16-36-44(8)19-18-37(55-38(52)28-42(4,5)41(53)54)43(6,7)35(44)17-20-46(36,45)10/h30,32-33,35-37H,12-29H2,1-11H3,(H,53,54)/t33-,35?,36?,37+,44+,45-,46-,47-/m1/s1. The summed E-state index contributed by atoms with van der Waals surface area (Å²) in [6.45, 7) is 25.5. The number of fused-ring (bicyclic) bond motifs is 7. The number of esters is 1. The highest BCUT2D eigenvalue weighted by Crippen LogP contribution is 2.77. The number of amides is 1. The van der Waals surface area contributed by atoms with Gasteiger partial charge in [0.25, 0.3) is 0 Å². The molecule has 6 rings (SSSR count). The summed E-state index contributed by atoms with van der Waals surface area (Å²) >= 11 is 0. The van der Waals surface area contributed by atoms with Gasteiger partial charge in [-0.25, -0.2) is 0 Å². The molecule has 0 saturated heterocycles. The van der Waals surface area contributed by atoms with Gasteiger partial charge in [0.05, 0.1) is 11.8 Å². The van der Waals surface area contributed by atoms with Crippen molar-refractivity contribution in [3.05, 3.63) is 11.1 Å². The van der Waals surface area contributed by atoms with Gasteiger partial charge in [-0.3, -0.25) is 19.2 Å². The van der Waals surface area contributed by atoms with Crippen LogP contribution in [-0.4, -0.2) is 77.9 Å². The molecule has 0 radical (unpaired) electrons. The second kappa shape index (κ2) is 14.9. The highest BCUT2D eigenvalue weighted by Gasteiger charge is 2.70. The Morgan fingerprint density at radius 1 is 0.873 bits per heavy atom. The molecule has 6 aliphatic carbocycles. The van der Waals surface area contributed by atoms with Gasteiger partial charge in [0, 0.05) is 50.9 Å². The number of allylic oxidation sites excluding steroid dienone is 2. The van der Waals surface area contributed by atoms with Gasteiger partial charge in [-0.15, -0.1) is 0 Å². The first-order valence-corrected chi connectivity index (χ1v) is 22.2. The lowest BCUT2D eigenvalue weighted by Crippen LogP contribution is -2.65. The molecule has 0 aromatic heterocycles. The van der Waals surface area contributed by atoms with E-state index in [4.69, 9.17) is 4.74 Å². The van der Waals surface area contributed by atoms with Gasteiger partial charge in [-0.05, 0) is 142 Å². The molecule has 8 atom stereocenters. The van der Waals surface area contributed by atoms with E-state index in [1.807, 2.05) is 11.9 Å². The number of Topliss-reactive ketones (excluding diaryl/α,β-unsaturated/α-hetero) is 1. The van der Waals surface area contributed by atoms with Gasteiger partial charge < -0.3 is 19.6 Å². The van der Waals surface area contributed by atoms with E-state index in [9.17, 15) is 24.3 Å². The van der Waals surface area contributed by atoms with Crippen LogP contribution in [0.2, 0.25) is 0 Å². The highest BCUT2D eigenvalue weighted by molar-refractivity contribution is 6.00. The summed E-state index contributed by atoms with van der Waals surface area (Å²) < 4.78 is 6.20.